The largest absolute Gasteiger partial charge is 0.483 e. The molecular formula is C24H29BrCl2N2O3. The summed E-state index contributed by atoms with van der Waals surface area (Å²) in [7, 11) is 0. The normalized spacial score (nSPS) is 12.7. The Hall–Kier alpha value is -1.76. The molecule has 0 saturated carbocycles. The van der Waals surface area contributed by atoms with Crippen molar-refractivity contribution in [2.45, 2.75) is 59.2 Å². The summed E-state index contributed by atoms with van der Waals surface area (Å²) < 4.78 is 6.54. The second-order valence-corrected chi connectivity index (χ2v) is 9.29. The Labute approximate surface area is 208 Å². The molecule has 174 valence electrons. The van der Waals surface area contributed by atoms with Crippen LogP contribution in [0.25, 0.3) is 0 Å². The standard InChI is InChI=1S/C24H29BrCl2N2O3/c1-5-15(3)28-24(31)16(4)29(13-18-20(26)8-7-9-21(18)27)23(30)14-32-22-11-10-17(6-2)12-19(22)25/h7-12,15-16H,5-6,13-14H2,1-4H3,(H,28,31). The van der Waals surface area contributed by atoms with Crippen LogP contribution in [0.3, 0.4) is 0 Å². The van der Waals surface area contributed by atoms with E-state index in [0.717, 1.165) is 22.9 Å². The number of carbonyl (C=O) groups is 2. The Kier molecular flexibility index (Phi) is 10.3. The van der Waals surface area contributed by atoms with Gasteiger partial charge in [-0.05, 0) is 72.4 Å². The lowest BCUT2D eigenvalue weighted by molar-refractivity contribution is -0.142. The molecule has 0 aliphatic carbocycles. The number of benzene rings is 2. The van der Waals surface area contributed by atoms with Gasteiger partial charge in [0.05, 0.1) is 4.47 Å². The number of aryl methyl sites for hydroxylation is 1. The van der Waals surface area contributed by atoms with Gasteiger partial charge in [0.25, 0.3) is 5.91 Å². The number of hydrogen-bond acceptors (Lipinski definition) is 3. The average molecular weight is 544 g/mol. The van der Waals surface area contributed by atoms with Crippen molar-refractivity contribution in [3.8, 4) is 5.75 Å². The third-order valence-corrected chi connectivity index (χ3v) is 6.64. The molecule has 0 aliphatic heterocycles. The zero-order valence-corrected chi connectivity index (χ0v) is 21.9. The zero-order valence-electron chi connectivity index (χ0n) is 18.8. The lowest BCUT2D eigenvalue weighted by atomic mass is 10.1. The number of amides is 2. The predicted molar refractivity (Wildman–Crippen MR) is 133 cm³/mol. The number of nitrogens with one attached hydrogen (secondary N) is 1. The van der Waals surface area contributed by atoms with Gasteiger partial charge in [-0.3, -0.25) is 9.59 Å². The summed E-state index contributed by atoms with van der Waals surface area (Å²) in [5, 5.41) is 3.80. The molecule has 0 saturated heterocycles. The molecule has 0 radical (unpaired) electrons. The van der Waals surface area contributed by atoms with Crippen LogP contribution in [0.4, 0.5) is 0 Å². The second kappa shape index (κ2) is 12.5. The number of rotatable bonds is 10. The van der Waals surface area contributed by atoms with E-state index in [1.54, 1.807) is 25.1 Å². The van der Waals surface area contributed by atoms with E-state index in [9.17, 15) is 9.59 Å². The third kappa shape index (κ3) is 7.12. The quantitative estimate of drug-likeness (QED) is 0.398. The van der Waals surface area contributed by atoms with Gasteiger partial charge in [-0.1, -0.05) is 49.2 Å². The molecule has 2 atom stereocenters. The van der Waals surface area contributed by atoms with Gasteiger partial charge in [-0.15, -0.1) is 0 Å². The van der Waals surface area contributed by atoms with Gasteiger partial charge >= 0.3 is 0 Å². The van der Waals surface area contributed by atoms with Crippen molar-refractivity contribution in [1.29, 1.82) is 0 Å². The fourth-order valence-corrected chi connectivity index (χ4v) is 4.06. The van der Waals surface area contributed by atoms with Gasteiger partial charge in [0.1, 0.15) is 11.8 Å². The minimum absolute atomic E-state index is 0.00455. The molecule has 0 heterocycles. The maximum atomic E-state index is 13.2. The summed E-state index contributed by atoms with van der Waals surface area (Å²) in [6, 6.07) is 10.1. The lowest BCUT2D eigenvalue weighted by Crippen LogP contribution is -2.50. The summed E-state index contributed by atoms with van der Waals surface area (Å²) in [6.07, 6.45) is 1.68. The van der Waals surface area contributed by atoms with Crippen molar-refractivity contribution in [3.05, 3.63) is 62.0 Å². The van der Waals surface area contributed by atoms with Crippen LogP contribution < -0.4 is 10.1 Å². The zero-order chi connectivity index (χ0) is 23.8. The van der Waals surface area contributed by atoms with E-state index in [1.165, 1.54) is 4.90 Å². The molecule has 0 aromatic heterocycles. The van der Waals surface area contributed by atoms with Crippen LogP contribution in [0.1, 0.15) is 45.2 Å². The SMILES string of the molecule is CCc1ccc(OCC(=O)N(Cc2c(Cl)cccc2Cl)C(C)C(=O)NC(C)CC)c(Br)c1. The van der Waals surface area contributed by atoms with Crippen molar-refractivity contribution in [3.63, 3.8) is 0 Å². The first-order valence-corrected chi connectivity index (χ1v) is 12.2. The second-order valence-electron chi connectivity index (χ2n) is 7.62. The lowest BCUT2D eigenvalue weighted by Gasteiger charge is -2.30. The van der Waals surface area contributed by atoms with E-state index in [0.29, 0.717) is 21.4 Å². The number of halogens is 3. The number of hydrogen-bond donors (Lipinski definition) is 1. The van der Waals surface area contributed by atoms with E-state index in [2.05, 4.69) is 28.2 Å². The highest BCUT2D eigenvalue weighted by atomic mass is 79.9. The summed E-state index contributed by atoms with van der Waals surface area (Å²) in [5.74, 6) is -0.0356. The first kappa shape index (κ1) is 26.5. The summed E-state index contributed by atoms with van der Waals surface area (Å²) in [4.78, 5) is 27.4. The van der Waals surface area contributed by atoms with Crippen LogP contribution in [-0.4, -0.2) is 35.4 Å². The number of ether oxygens (including phenoxy) is 1. The topological polar surface area (TPSA) is 58.6 Å². The van der Waals surface area contributed by atoms with E-state index >= 15 is 0 Å². The highest BCUT2D eigenvalue weighted by Crippen LogP contribution is 2.28. The van der Waals surface area contributed by atoms with Crippen LogP contribution in [0.2, 0.25) is 10.0 Å². The molecule has 2 aromatic rings. The van der Waals surface area contributed by atoms with Crippen LogP contribution >= 0.6 is 39.1 Å². The van der Waals surface area contributed by atoms with Crippen molar-refractivity contribution in [2.24, 2.45) is 0 Å². The Morgan fingerprint density at radius 2 is 1.78 bits per heavy atom. The maximum Gasteiger partial charge on any atom is 0.261 e. The van der Waals surface area contributed by atoms with Crippen LogP contribution in [0, 0.1) is 0 Å². The van der Waals surface area contributed by atoms with Crippen molar-refractivity contribution >= 4 is 50.9 Å². The summed E-state index contributed by atoms with van der Waals surface area (Å²) >= 11 is 16.1. The molecule has 2 unspecified atom stereocenters. The van der Waals surface area contributed by atoms with E-state index in [1.807, 2.05) is 32.0 Å². The third-order valence-electron chi connectivity index (χ3n) is 5.31. The molecule has 0 spiro atoms. The van der Waals surface area contributed by atoms with Gasteiger partial charge in [-0.2, -0.15) is 0 Å². The van der Waals surface area contributed by atoms with Crippen LogP contribution in [0.5, 0.6) is 5.75 Å². The minimum Gasteiger partial charge on any atom is -0.483 e. The molecular weight excluding hydrogens is 515 g/mol. The van der Waals surface area contributed by atoms with Gasteiger partial charge in [0, 0.05) is 28.2 Å². The van der Waals surface area contributed by atoms with Crippen LogP contribution in [0.15, 0.2) is 40.9 Å². The van der Waals surface area contributed by atoms with E-state index in [4.69, 9.17) is 27.9 Å². The van der Waals surface area contributed by atoms with E-state index < -0.39 is 6.04 Å². The van der Waals surface area contributed by atoms with Gasteiger partial charge in [0.15, 0.2) is 6.61 Å². The molecule has 1 N–H and O–H groups in total. The molecule has 2 amide bonds. The number of carbonyl (C=O) groups excluding carboxylic acids is 2. The Morgan fingerprint density at radius 3 is 2.34 bits per heavy atom. The Bertz CT molecular complexity index is 935. The smallest absolute Gasteiger partial charge is 0.261 e. The first-order valence-electron chi connectivity index (χ1n) is 10.6. The summed E-state index contributed by atoms with van der Waals surface area (Å²) in [6.45, 7) is 7.51. The fourth-order valence-electron chi connectivity index (χ4n) is 3.01. The highest BCUT2D eigenvalue weighted by molar-refractivity contribution is 9.10. The monoisotopic (exact) mass is 542 g/mol. The molecule has 32 heavy (non-hydrogen) atoms. The molecule has 0 fully saturated rings. The molecule has 8 heteroatoms. The molecule has 2 aromatic carbocycles. The predicted octanol–water partition coefficient (Wildman–Crippen LogP) is 6.03. The van der Waals surface area contributed by atoms with Gasteiger partial charge in [-0.25, -0.2) is 0 Å². The van der Waals surface area contributed by atoms with Crippen molar-refractivity contribution in [1.82, 2.24) is 10.2 Å². The fraction of sp³-hybridized carbons (Fsp3) is 0.417. The van der Waals surface area contributed by atoms with Gasteiger partial charge in [0.2, 0.25) is 5.91 Å². The minimum atomic E-state index is -0.738. The van der Waals surface area contributed by atoms with Crippen LogP contribution in [-0.2, 0) is 22.6 Å². The molecule has 0 aliphatic rings. The van der Waals surface area contributed by atoms with Crippen molar-refractivity contribution < 1.29 is 14.3 Å². The van der Waals surface area contributed by atoms with E-state index in [-0.39, 0.29) is 31.0 Å². The maximum absolute atomic E-state index is 13.2. The highest BCUT2D eigenvalue weighted by Gasteiger charge is 2.28. The molecule has 5 nitrogen and oxygen atoms in total. The Balaban J connectivity index is 2.24. The number of nitrogens with zero attached hydrogens (tertiary/aromatic N) is 1. The Morgan fingerprint density at radius 1 is 1.12 bits per heavy atom. The first-order chi connectivity index (χ1) is 15.2. The molecule has 2 rings (SSSR count). The van der Waals surface area contributed by atoms with Gasteiger partial charge < -0.3 is 15.0 Å². The summed E-state index contributed by atoms with van der Waals surface area (Å²) in [5.41, 5.74) is 1.74. The average Bonchev–Trinajstić information content (AvgIpc) is 2.77. The molecule has 0 bridgehead atoms. The van der Waals surface area contributed by atoms with Crippen molar-refractivity contribution in [2.75, 3.05) is 6.61 Å².